The highest BCUT2D eigenvalue weighted by Gasteiger charge is 2.19. The van der Waals surface area contributed by atoms with E-state index in [4.69, 9.17) is 0 Å². The molecule has 0 bridgehead atoms. The van der Waals surface area contributed by atoms with Crippen LogP contribution in [0.4, 0.5) is 0 Å². The van der Waals surface area contributed by atoms with Crippen LogP contribution in [0, 0.1) is 5.92 Å². The highest BCUT2D eigenvalue weighted by Crippen LogP contribution is 2.14. The third-order valence-corrected chi connectivity index (χ3v) is 2.60. The number of hydrogen-bond donors (Lipinski definition) is 0. The van der Waals surface area contributed by atoms with Crippen molar-refractivity contribution in [2.45, 2.75) is 13.3 Å². The van der Waals surface area contributed by atoms with Crippen LogP contribution in [0.15, 0.2) is 0 Å². The Bertz CT molecular complexity index is 114. The van der Waals surface area contributed by atoms with Gasteiger partial charge in [-0.3, -0.25) is 0 Å². The van der Waals surface area contributed by atoms with Crippen molar-refractivity contribution in [3.05, 3.63) is 0 Å². The summed E-state index contributed by atoms with van der Waals surface area (Å²) >= 11 is 0. The Balaban J connectivity index is 2.17. The van der Waals surface area contributed by atoms with E-state index in [9.17, 15) is 0 Å². The standard InChI is InChI=1S/C9H20N2/c1-4-10(2)7-9-5-6-11(3)8-9/h9H,4-8H2,1-3H3/t9-/m1/s1. The van der Waals surface area contributed by atoms with E-state index in [1.165, 1.54) is 32.6 Å². The van der Waals surface area contributed by atoms with Gasteiger partial charge in [-0.1, -0.05) is 6.92 Å². The van der Waals surface area contributed by atoms with E-state index < -0.39 is 0 Å². The van der Waals surface area contributed by atoms with E-state index in [2.05, 4.69) is 30.8 Å². The molecular weight excluding hydrogens is 136 g/mol. The van der Waals surface area contributed by atoms with Gasteiger partial charge in [-0.2, -0.15) is 0 Å². The highest BCUT2D eigenvalue weighted by molar-refractivity contribution is 4.74. The lowest BCUT2D eigenvalue weighted by atomic mass is 10.1. The Morgan fingerprint density at radius 2 is 2.27 bits per heavy atom. The Morgan fingerprint density at radius 3 is 2.73 bits per heavy atom. The largest absolute Gasteiger partial charge is 0.306 e. The molecule has 2 nitrogen and oxygen atoms in total. The molecule has 0 radical (unpaired) electrons. The Kier molecular flexibility index (Phi) is 3.34. The molecule has 1 aliphatic rings. The van der Waals surface area contributed by atoms with Crippen molar-refractivity contribution in [1.29, 1.82) is 0 Å². The quantitative estimate of drug-likeness (QED) is 0.599. The maximum atomic E-state index is 2.42. The van der Waals surface area contributed by atoms with Crippen LogP contribution in [0.3, 0.4) is 0 Å². The predicted octanol–water partition coefficient (Wildman–Crippen LogP) is 0.890. The van der Waals surface area contributed by atoms with Crippen molar-refractivity contribution in [2.24, 2.45) is 5.92 Å². The molecule has 11 heavy (non-hydrogen) atoms. The molecule has 1 fully saturated rings. The summed E-state index contributed by atoms with van der Waals surface area (Å²) in [5, 5.41) is 0. The first-order chi connectivity index (χ1) is 5.22. The molecule has 0 spiro atoms. The van der Waals surface area contributed by atoms with Crippen molar-refractivity contribution in [1.82, 2.24) is 9.80 Å². The molecular formula is C9H20N2. The van der Waals surface area contributed by atoms with Crippen LogP contribution in [-0.2, 0) is 0 Å². The summed E-state index contributed by atoms with van der Waals surface area (Å²) in [6, 6.07) is 0. The minimum atomic E-state index is 0.921. The second-order valence-corrected chi connectivity index (χ2v) is 3.77. The molecule has 0 aromatic rings. The van der Waals surface area contributed by atoms with Crippen molar-refractivity contribution >= 4 is 0 Å². The fourth-order valence-electron chi connectivity index (χ4n) is 1.75. The average Bonchev–Trinajstić information content (AvgIpc) is 2.35. The van der Waals surface area contributed by atoms with Crippen molar-refractivity contribution in [3.8, 4) is 0 Å². The second-order valence-electron chi connectivity index (χ2n) is 3.77. The van der Waals surface area contributed by atoms with Crippen LogP contribution < -0.4 is 0 Å². The number of likely N-dealkylation sites (tertiary alicyclic amines) is 1. The van der Waals surface area contributed by atoms with Gasteiger partial charge in [0.1, 0.15) is 0 Å². The third-order valence-electron chi connectivity index (χ3n) is 2.60. The van der Waals surface area contributed by atoms with Gasteiger partial charge in [0.15, 0.2) is 0 Å². The summed E-state index contributed by atoms with van der Waals surface area (Å²) in [6.07, 6.45) is 1.39. The first-order valence-electron chi connectivity index (χ1n) is 4.59. The minimum Gasteiger partial charge on any atom is -0.306 e. The van der Waals surface area contributed by atoms with Gasteiger partial charge in [0, 0.05) is 13.1 Å². The zero-order valence-corrected chi connectivity index (χ0v) is 8.01. The normalized spacial score (nSPS) is 26.7. The molecule has 1 saturated heterocycles. The van der Waals surface area contributed by atoms with Gasteiger partial charge in [0.2, 0.25) is 0 Å². The van der Waals surface area contributed by atoms with Crippen LogP contribution >= 0.6 is 0 Å². The number of rotatable bonds is 3. The molecule has 0 N–H and O–H groups in total. The van der Waals surface area contributed by atoms with E-state index in [0.29, 0.717) is 0 Å². The predicted molar refractivity (Wildman–Crippen MR) is 48.8 cm³/mol. The number of nitrogens with zero attached hydrogens (tertiary/aromatic N) is 2. The Hall–Kier alpha value is -0.0800. The Labute approximate surface area is 70.2 Å². The maximum Gasteiger partial charge on any atom is 0.00193 e. The third kappa shape index (κ3) is 2.80. The van der Waals surface area contributed by atoms with E-state index in [1.54, 1.807) is 0 Å². The lowest BCUT2D eigenvalue weighted by molar-refractivity contribution is 0.285. The first-order valence-corrected chi connectivity index (χ1v) is 4.59. The molecule has 1 atom stereocenters. The molecule has 1 heterocycles. The maximum absolute atomic E-state index is 2.42. The smallest absolute Gasteiger partial charge is 0.00193 e. The fourth-order valence-corrected chi connectivity index (χ4v) is 1.75. The van der Waals surface area contributed by atoms with E-state index in [0.717, 1.165) is 5.92 Å². The monoisotopic (exact) mass is 156 g/mol. The Morgan fingerprint density at radius 1 is 1.55 bits per heavy atom. The van der Waals surface area contributed by atoms with Gasteiger partial charge in [-0.15, -0.1) is 0 Å². The summed E-state index contributed by atoms with van der Waals surface area (Å²) in [5.74, 6) is 0.921. The molecule has 0 aliphatic carbocycles. The lowest BCUT2D eigenvalue weighted by Gasteiger charge is -2.18. The van der Waals surface area contributed by atoms with E-state index in [1.807, 2.05) is 0 Å². The SMILES string of the molecule is CCN(C)C[C@H]1CCN(C)C1. The second kappa shape index (κ2) is 4.07. The van der Waals surface area contributed by atoms with Gasteiger partial charge >= 0.3 is 0 Å². The molecule has 0 unspecified atom stereocenters. The van der Waals surface area contributed by atoms with Gasteiger partial charge in [0.05, 0.1) is 0 Å². The summed E-state index contributed by atoms with van der Waals surface area (Å²) < 4.78 is 0. The first kappa shape index (κ1) is 9.01. The zero-order valence-electron chi connectivity index (χ0n) is 8.01. The van der Waals surface area contributed by atoms with Crippen LogP contribution in [-0.4, -0.2) is 50.1 Å². The topological polar surface area (TPSA) is 6.48 Å². The van der Waals surface area contributed by atoms with Gasteiger partial charge in [0.25, 0.3) is 0 Å². The summed E-state index contributed by atoms with van der Waals surface area (Å²) in [7, 11) is 4.42. The zero-order chi connectivity index (χ0) is 8.27. The average molecular weight is 156 g/mol. The van der Waals surface area contributed by atoms with Crippen LogP contribution in [0.2, 0.25) is 0 Å². The molecule has 2 heteroatoms. The summed E-state index contributed by atoms with van der Waals surface area (Å²) in [6.45, 7) is 7.27. The van der Waals surface area contributed by atoms with Crippen LogP contribution in [0.1, 0.15) is 13.3 Å². The molecule has 0 amide bonds. The molecule has 1 aliphatic heterocycles. The van der Waals surface area contributed by atoms with Crippen molar-refractivity contribution < 1.29 is 0 Å². The van der Waals surface area contributed by atoms with Gasteiger partial charge in [-0.25, -0.2) is 0 Å². The molecule has 0 saturated carbocycles. The van der Waals surface area contributed by atoms with Crippen molar-refractivity contribution in [3.63, 3.8) is 0 Å². The van der Waals surface area contributed by atoms with Crippen LogP contribution in [0.25, 0.3) is 0 Å². The highest BCUT2D eigenvalue weighted by atomic mass is 15.1. The molecule has 66 valence electrons. The van der Waals surface area contributed by atoms with Gasteiger partial charge < -0.3 is 9.80 Å². The fraction of sp³-hybridized carbons (Fsp3) is 1.00. The van der Waals surface area contributed by atoms with Crippen LogP contribution in [0.5, 0.6) is 0 Å². The summed E-state index contributed by atoms with van der Waals surface area (Å²) in [5.41, 5.74) is 0. The number of hydrogen-bond acceptors (Lipinski definition) is 2. The van der Waals surface area contributed by atoms with E-state index >= 15 is 0 Å². The lowest BCUT2D eigenvalue weighted by Crippen LogP contribution is -2.27. The molecule has 0 aromatic carbocycles. The van der Waals surface area contributed by atoms with Gasteiger partial charge in [-0.05, 0) is 39.5 Å². The molecule has 1 rings (SSSR count). The minimum absolute atomic E-state index is 0.921. The molecule has 0 aromatic heterocycles. The van der Waals surface area contributed by atoms with Crippen molar-refractivity contribution in [2.75, 3.05) is 40.3 Å². The van der Waals surface area contributed by atoms with E-state index in [-0.39, 0.29) is 0 Å². The summed E-state index contributed by atoms with van der Waals surface area (Å²) in [4.78, 5) is 4.83.